The predicted octanol–water partition coefficient (Wildman–Crippen LogP) is 5.00. The Morgan fingerprint density at radius 2 is 1.80 bits per heavy atom. The van der Waals surface area contributed by atoms with Gasteiger partial charge in [-0.15, -0.1) is 0 Å². The van der Waals surface area contributed by atoms with Crippen molar-refractivity contribution in [2.75, 3.05) is 5.73 Å². The molecule has 3 aromatic rings. The molecule has 20 heavy (non-hydrogen) atoms. The molecule has 0 unspecified atom stereocenters. The molecule has 0 radical (unpaired) electrons. The van der Waals surface area contributed by atoms with E-state index in [1.54, 1.807) is 12.1 Å². The highest BCUT2D eigenvalue weighted by atomic mass is 35.5. The van der Waals surface area contributed by atoms with E-state index < -0.39 is 0 Å². The molecule has 0 aliphatic carbocycles. The third-order valence-corrected chi connectivity index (χ3v) is 3.82. The highest BCUT2D eigenvalue weighted by molar-refractivity contribution is 6.37. The average molecular weight is 307 g/mol. The second kappa shape index (κ2) is 4.69. The van der Waals surface area contributed by atoms with Gasteiger partial charge in [0.2, 0.25) is 5.89 Å². The van der Waals surface area contributed by atoms with Crippen molar-refractivity contribution in [3.63, 3.8) is 0 Å². The van der Waals surface area contributed by atoms with E-state index in [2.05, 4.69) is 4.98 Å². The van der Waals surface area contributed by atoms with Gasteiger partial charge in [0, 0.05) is 0 Å². The van der Waals surface area contributed by atoms with Crippen molar-refractivity contribution in [2.45, 2.75) is 13.8 Å². The van der Waals surface area contributed by atoms with Gasteiger partial charge in [0.05, 0.1) is 21.3 Å². The number of aryl methyl sites for hydroxylation is 2. The predicted molar refractivity (Wildman–Crippen MR) is 83.4 cm³/mol. The second-order valence-electron chi connectivity index (χ2n) is 4.77. The molecule has 3 rings (SSSR count). The van der Waals surface area contributed by atoms with Gasteiger partial charge in [0.1, 0.15) is 5.52 Å². The number of nitrogen functional groups attached to an aromatic ring is 1. The zero-order chi connectivity index (χ0) is 14.4. The second-order valence-corrected chi connectivity index (χ2v) is 5.58. The third-order valence-electron chi connectivity index (χ3n) is 3.18. The normalized spacial score (nSPS) is 11.2. The van der Waals surface area contributed by atoms with Gasteiger partial charge in [-0.3, -0.25) is 0 Å². The van der Waals surface area contributed by atoms with Crippen LogP contribution < -0.4 is 5.73 Å². The first-order valence-electron chi connectivity index (χ1n) is 6.09. The Labute approximate surface area is 126 Å². The summed E-state index contributed by atoms with van der Waals surface area (Å²) >= 11 is 12.2. The molecule has 0 fully saturated rings. The Kier molecular flexibility index (Phi) is 3.11. The molecule has 0 amide bonds. The molecule has 1 heterocycles. The third kappa shape index (κ3) is 2.03. The number of benzene rings is 2. The minimum Gasteiger partial charge on any atom is -0.436 e. The number of nitrogens with zero attached hydrogens (tertiary/aromatic N) is 1. The summed E-state index contributed by atoms with van der Waals surface area (Å²) in [6, 6.07) is 7.34. The number of hydrogen-bond donors (Lipinski definition) is 1. The molecule has 0 bridgehead atoms. The number of hydrogen-bond acceptors (Lipinski definition) is 3. The van der Waals surface area contributed by atoms with Crippen molar-refractivity contribution < 1.29 is 4.42 Å². The fourth-order valence-electron chi connectivity index (χ4n) is 2.27. The fourth-order valence-corrected chi connectivity index (χ4v) is 2.67. The Morgan fingerprint density at radius 1 is 1.10 bits per heavy atom. The maximum absolute atomic E-state index is 6.20. The number of nitrogens with two attached hydrogens (primary N) is 1. The number of rotatable bonds is 1. The van der Waals surface area contributed by atoms with Crippen molar-refractivity contribution in [3.05, 3.63) is 45.4 Å². The van der Waals surface area contributed by atoms with Gasteiger partial charge < -0.3 is 10.2 Å². The summed E-state index contributed by atoms with van der Waals surface area (Å²) in [6.45, 7) is 3.99. The number of aromatic nitrogens is 1. The van der Waals surface area contributed by atoms with Gasteiger partial charge in [-0.1, -0.05) is 29.3 Å². The highest BCUT2D eigenvalue weighted by Gasteiger charge is 2.17. The molecule has 2 N–H and O–H groups in total. The van der Waals surface area contributed by atoms with Crippen molar-refractivity contribution in [1.29, 1.82) is 0 Å². The van der Waals surface area contributed by atoms with E-state index >= 15 is 0 Å². The van der Waals surface area contributed by atoms with E-state index in [0.29, 0.717) is 27.2 Å². The molecular formula is C15H12Cl2N2O. The molecule has 0 aliphatic heterocycles. The molecule has 1 aromatic heterocycles. The Balaban J connectivity index is 2.31. The van der Waals surface area contributed by atoms with Crippen LogP contribution in [0.5, 0.6) is 0 Å². The van der Waals surface area contributed by atoms with E-state index in [0.717, 1.165) is 22.2 Å². The van der Waals surface area contributed by atoms with E-state index in [1.165, 1.54) is 0 Å². The van der Waals surface area contributed by atoms with Crippen molar-refractivity contribution in [2.24, 2.45) is 0 Å². The van der Waals surface area contributed by atoms with Gasteiger partial charge in [0.25, 0.3) is 0 Å². The van der Waals surface area contributed by atoms with Crippen LogP contribution in [0.4, 0.5) is 5.69 Å². The number of anilines is 1. The first-order chi connectivity index (χ1) is 9.47. The van der Waals surface area contributed by atoms with Crippen LogP contribution in [0, 0.1) is 13.8 Å². The molecule has 0 saturated carbocycles. The number of fused-ring (bicyclic) bond motifs is 1. The SMILES string of the molecule is Cc1cc(C)c2oc(-c3c(Cl)ccc(Cl)c3N)nc2c1. The first kappa shape index (κ1) is 13.3. The van der Waals surface area contributed by atoms with Crippen LogP contribution in [0.1, 0.15) is 11.1 Å². The minimum absolute atomic E-state index is 0.375. The molecule has 2 aromatic carbocycles. The van der Waals surface area contributed by atoms with Crippen molar-refractivity contribution in [3.8, 4) is 11.5 Å². The Morgan fingerprint density at radius 3 is 2.55 bits per heavy atom. The van der Waals surface area contributed by atoms with E-state index in [9.17, 15) is 0 Å². The molecule has 0 saturated heterocycles. The maximum Gasteiger partial charge on any atom is 0.230 e. The lowest BCUT2D eigenvalue weighted by Gasteiger charge is -2.05. The Hall–Kier alpha value is -1.71. The summed E-state index contributed by atoms with van der Waals surface area (Å²) in [6.07, 6.45) is 0. The van der Waals surface area contributed by atoms with Crippen LogP contribution in [0.2, 0.25) is 10.0 Å². The smallest absolute Gasteiger partial charge is 0.230 e. The summed E-state index contributed by atoms with van der Waals surface area (Å²) in [4.78, 5) is 4.48. The monoisotopic (exact) mass is 306 g/mol. The largest absolute Gasteiger partial charge is 0.436 e. The summed E-state index contributed by atoms with van der Waals surface area (Å²) in [7, 11) is 0. The van der Waals surface area contributed by atoms with Gasteiger partial charge in [0.15, 0.2) is 5.58 Å². The quantitative estimate of drug-likeness (QED) is 0.644. The van der Waals surface area contributed by atoms with Crippen molar-refractivity contribution >= 4 is 40.0 Å². The van der Waals surface area contributed by atoms with Gasteiger partial charge in [-0.05, 0) is 43.2 Å². The lowest BCUT2D eigenvalue weighted by molar-refractivity contribution is 0.617. The average Bonchev–Trinajstić information content (AvgIpc) is 2.78. The first-order valence-corrected chi connectivity index (χ1v) is 6.84. The van der Waals surface area contributed by atoms with Crippen LogP contribution in [0.3, 0.4) is 0 Å². The summed E-state index contributed by atoms with van der Waals surface area (Å²) in [5.74, 6) is 0.388. The van der Waals surface area contributed by atoms with Crippen LogP contribution >= 0.6 is 23.2 Å². The van der Waals surface area contributed by atoms with Crippen LogP contribution in [-0.4, -0.2) is 4.98 Å². The molecule has 102 valence electrons. The molecule has 0 spiro atoms. The topological polar surface area (TPSA) is 52.0 Å². The fraction of sp³-hybridized carbons (Fsp3) is 0.133. The maximum atomic E-state index is 6.20. The molecule has 5 heteroatoms. The van der Waals surface area contributed by atoms with Crippen LogP contribution in [0.25, 0.3) is 22.6 Å². The minimum atomic E-state index is 0.375. The van der Waals surface area contributed by atoms with E-state index in [4.69, 9.17) is 33.4 Å². The van der Waals surface area contributed by atoms with Gasteiger partial charge in [-0.2, -0.15) is 0 Å². The lowest BCUT2D eigenvalue weighted by atomic mass is 10.1. The van der Waals surface area contributed by atoms with Crippen molar-refractivity contribution in [1.82, 2.24) is 4.98 Å². The molecule has 3 nitrogen and oxygen atoms in total. The highest BCUT2D eigenvalue weighted by Crippen LogP contribution is 2.38. The molecular weight excluding hydrogens is 295 g/mol. The summed E-state index contributed by atoms with van der Waals surface area (Å²) in [5.41, 5.74) is 10.6. The Bertz CT molecular complexity index is 824. The zero-order valence-electron chi connectivity index (χ0n) is 11.0. The number of oxazole rings is 1. The van der Waals surface area contributed by atoms with Crippen LogP contribution in [0.15, 0.2) is 28.7 Å². The summed E-state index contributed by atoms with van der Waals surface area (Å²) < 4.78 is 5.82. The molecule has 0 atom stereocenters. The summed E-state index contributed by atoms with van der Waals surface area (Å²) in [5, 5.41) is 0.896. The van der Waals surface area contributed by atoms with Gasteiger partial charge >= 0.3 is 0 Å². The molecule has 0 aliphatic rings. The zero-order valence-corrected chi connectivity index (χ0v) is 12.5. The lowest BCUT2D eigenvalue weighted by Crippen LogP contribution is -1.92. The number of halogens is 2. The van der Waals surface area contributed by atoms with E-state index in [1.807, 2.05) is 26.0 Å². The van der Waals surface area contributed by atoms with Crippen LogP contribution in [-0.2, 0) is 0 Å². The van der Waals surface area contributed by atoms with E-state index in [-0.39, 0.29) is 0 Å². The standard InChI is InChI=1S/C15H12Cl2N2O/c1-7-5-8(2)14-11(6-7)19-15(20-14)12-9(16)3-4-10(17)13(12)18/h3-6H,18H2,1-2H3. The van der Waals surface area contributed by atoms with Gasteiger partial charge in [-0.25, -0.2) is 4.98 Å².